The zero-order chi connectivity index (χ0) is 21.8. The van der Waals surface area contributed by atoms with Crippen molar-refractivity contribution in [1.82, 2.24) is 4.98 Å². The van der Waals surface area contributed by atoms with Crippen molar-refractivity contribution in [1.29, 1.82) is 0 Å². The molecule has 1 aliphatic rings. The summed E-state index contributed by atoms with van der Waals surface area (Å²) in [5.41, 5.74) is 2.50. The maximum absolute atomic E-state index is 10.7. The van der Waals surface area contributed by atoms with Gasteiger partial charge in [-0.3, -0.25) is 4.79 Å². The van der Waals surface area contributed by atoms with Crippen LogP contribution >= 0.6 is 11.6 Å². The summed E-state index contributed by atoms with van der Waals surface area (Å²) in [5.74, 6) is -0.669. The van der Waals surface area contributed by atoms with Gasteiger partial charge in [-0.25, -0.2) is 0 Å². The maximum Gasteiger partial charge on any atom is 0.303 e. The minimum absolute atomic E-state index is 0.0283. The molecule has 2 aromatic carbocycles. The Hall–Kier alpha value is -2.80. The third-order valence-electron chi connectivity index (χ3n) is 5.46. The second kappa shape index (κ2) is 9.56. The molecule has 162 valence electrons. The molecule has 1 fully saturated rings. The normalized spacial score (nSPS) is 21.6. The molecule has 3 aromatic rings. The van der Waals surface area contributed by atoms with Crippen molar-refractivity contribution in [2.45, 2.75) is 31.7 Å². The van der Waals surface area contributed by atoms with Gasteiger partial charge < -0.3 is 24.7 Å². The second-order valence-electron chi connectivity index (χ2n) is 7.61. The number of rotatable bonds is 7. The number of aromatic nitrogens is 1. The van der Waals surface area contributed by atoms with Crippen LogP contribution in [0.3, 0.4) is 0 Å². The van der Waals surface area contributed by atoms with E-state index < -0.39 is 12.3 Å². The fourth-order valence-electron chi connectivity index (χ4n) is 3.90. The third-order valence-corrected chi connectivity index (χ3v) is 5.70. The van der Waals surface area contributed by atoms with Gasteiger partial charge in [-0.2, -0.15) is 0 Å². The summed E-state index contributed by atoms with van der Waals surface area (Å²) in [6.07, 6.45) is 5.91. The Morgan fingerprint density at radius 3 is 2.84 bits per heavy atom. The Balaban J connectivity index is 1.57. The number of hydrogen-bond acceptors (Lipinski definition) is 4. The topological polar surface area (TPSA) is 91.8 Å². The molecule has 2 heterocycles. The van der Waals surface area contributed by atoms with Crippen LogP contribution < -0.4 is 0 Å². The minimum Gasteiger partial charge on any atom is -0.508 e. The zero-order valence-corrected chi connectivity index (χ0v) is 17.6. The van der Waals surface area contributed by atoms with Gasteiger partial charge >= 0.3 is 5.97 Å². The molecule has 3 N–H and O–H groups in total. The van der Waals surface area contributed by atoms with Gasteiger partial charge in [0.1, 0.15) is 5.75 Å². The number of benzene rings is 2. The second-order valence-corrected chi connectivity index (χ2v) is 8.05. The van der Waals surface area contributed by atoms with E-state index in [-0.39, 0.29) is 24.2 Å². The first-order valence-electron chi connectivity index (χ1n) is 10.2. The van der Waals surface area contributed by atoms with Gasteiger partial charge in [0.2, 0.25) is 0 Å². The molecule has 6 nitrogen and oxygen atoms in total. The number of nitrogens with one attached hydrogen (secondary N) is 1. The van der Waals surface area contributed by atoms with Gasteiger partial charge in [0.25, 0.3) is 0 Å². The fraction of sp³-hybridized carbons (Fsp3) is 0.292. The number of phenols is 1. The predicted molar refractivity (Wildman–Crippen MR) is 118 cm³/mol. The number of fused-ring (bicyclic) bond motifs is 1. The zero-order valence-electron chi connectivity index (χ0n) is 16.8. The third kappa shape index (κ3) is 4.93. The quantitative estimate of drug-likeness (QED) is 0.406. The van der Waals surface area contributed by atoms with E-state index in [1.54, 1.807) is 12.1 Å². The molecular formula is C24H24ClNO5. The number of ether oxygens (including phenoxy) is 2. The largest absolute Gasteiger partial charge is 0.508 e. The Kier molecular flexibility index (Phi) is 6.61. The number of hydrogen-bond donors (Lipinski definition) is 3. The van der Waals surface area contributed by atoms with Crippen LogP contribution in [-0.2, 0) is 14.3 Å². The summed E-state index contributed by atoms with van der Waals surface area (Å²) >= 11 is 6.18. The van der Waals surface area contributed by atoms with E-state index in [1.165, 1.54) is 0 Å². The van der Waals surface area contributed by atoms with Gasteiger partial charge in [-0.05, 0) is 37.1 Å². The van der Waals surface area contributed by atoms with E-state index in [2.05, 4.69) is 4.98 Å². The van der Waals surface area contributed by atoms with Crippen molar-refractivity contribution < 1.29 is 24.5 Å². The van der Waals surface area contributed by atoms with Gasteiger partial charge in [0.15, 0.2) is 6.29 Å². The lowest BCUT2D eigenvalue weighted by Gasteiger charge is -2.36. The molecule has 4 rings (SSSR count). The Labute approximate surface area is 185 Å². The lowest BCUT2D eigenvalue weighted by molar-refractivity contribution is -0.243. The van der Waals surface area contributed by atoms with Crippen LogP contribution in [0.5, 0.6) is 5.75 Å². The first-order chi connectivity index (χ1) is 15.0. The standard InChI is InChI=1S/C24H24ClNO5/c25-16-10-11-20-18(12-16)19(13-26-20)24-30-14-15(6-2-1-3-9-22(28)29)23(31-24)17-7-4-5-8-21(17)27/h1-2,4-5,7-8,10-13,15,23-24,26-27H,3,6,9,14H2,(H,28,29)/b2-1-/t15-,23+,24?/m1/s1. The molecular weight excluding hydrogens is 418 g/mol. The number of aromatic hydroxyl groups is 1. The van der Waals surface area contributed by atoms with Gasteiger partial charge in [0, 0.05) is 45.6 Å². The number of aromatic amines is 1. The van der Waals surface area contributed by atoms with E-state index in [0.29, 0.717) is 30.0 Å². The number of carbonyl (C=O) groups is 1. The van der Waals surface area contributed by atoms with Crippen molar-refractivity contribution in [3.63, 3.8) is 0 Å². The number of aliphatic carboxylic acids is 1. The van der Waals surface area contributed by atoms with E-state index in [4.69, 9.17) is 26.2 Å². The highest BCUT2D eigenvalue weighted by Crippen LogP contribution is 2.43. The van der Waals surface area contributed by atoms with Crippen molar-refractivity contribution in [2.24, 2.45) is 5.92 Å². The fourth-order valence-corrected chi connectivity index (χ4v) is 4.07. The minimum atomic E-state index is -0.817. The summed E-state index contributed by atoms with van der Waals surface area (Å²) in [5, 5.41) is 20.8. The van der Waals surface area contributed by atoms with E-state index >= 15 is 0 Å². The van der Waals surface area contributed by atoms with Crippen LogP contribution in [0.15, 0.2) is 60.8 Å². The Morgan fingerprint density at radius 2 is 2.03 bits per heavy atom. The average Bonchev–Trinajstić information content (AvgIpc) is 3.17. The van der Waals surface area contributed by atoms with E-state index in [9.17, 15) is 9.90 Å². The first-order valence-corrected chi connectivity index (χ1v) is 10.6. The van der Waals surface area contributed by atoms with Crippen LogP contribution in [0, 0.1) is 5.92 Å². The highest BCUT2D eigenvalue weighted by atomic mass is 35.5. The molecule has 0 bridgehead atoms. The number of H-pyrrole nitrogens is 1. The molecule has 1 unspecified atom stereocenters. The summed E-state index contributed by atoms with van der Waals surface area (Å²) in [4.78, 5) is 13.9. The number of para-hydroxylation sites is 1. The van der Waals surface area contributed by atoms with Gasteiger partial charge in [-0.1, -0.05) is 42.0 Å². The molecule has 3 atom stereocenters. The number of halogens is 1. The van der Waals surface area contributed by atoms with Crippen LogP contribution in [0.2, 0.25) is 5.02 Å². The Morgan fingerprint density at radius 1 is 1.19 bits per heavy atom. The summed E-state index contributed by atoms with van der Waals surface area (Å²) in [7, 11) is 0. The monoisotopic (exact) mass is 441 g/mol. The molecule has 1 aliphatic heterocycles. The summed E-state index contributed by atoms with van der Waals surface area (Å²) in [6, 6.07) is 12.8. The van der Waals surface area contributed by atoms with Crippen LogP contribution in [0.4, 0.5) is 0 Å². The number of allylic oxidation sites excluding steroid dienone is 2. The van der Waals surface area contributed by atoms with Gasteiger partial charge in [0.05, 0.1) is 12.7 Å². The molecule has 7 heteroatoms. The molecule has 0 saturated carbocycles. The molecule has 0 amide bonds. The van der Waals surface area contributed by atoms with Crippen molar-refractivity contribution in [3.8, 4) is 5.75 Å². The van der Waals surface area contributed by atoms with Gasteiger partial charge in [-0.15, -0.1) is 0 Å². The van der Waals surface area contributed by atoms with Crippen LogP contribution in [0.1, 0.15) is 42.8 Å². The molecule has 31 heavy (non-hydrogen) atoms. The molecule has 1 saturated heterocycles. The molecule has 0 aliphatic carbocycles. The number of carboxylic acids is 1. The van der Waals surface area contributed by atoms with Crippen molar-refractivity contribution >= 4 is 28.5 Å². The number of carboxylic acid groups (broad SMARTS) is 1. The average molecular weight is 442 g/mol. The highest BCUT2D eigenvalue weighted by Gasteiger charge is 2.35. The van der Waals surface area contributed by atoms with E-state index in [1.807, 2.05) is 48.7 Å². The van der Waals surface area contributed by atoms with Crippen LogP contribution in [-0.4, -0.2) is 27.8 Å². The first kappa shape index (κ1) is 21.4. The smallest absolute Gasteiger partial charge is 0.303 e. The SMILES string of the molecule is O=C(O)CC/C=C\C[C@@H]1COC(c2c[nH]c3ccc(Cl)cc23)O[C@@H]1c1ccccc1O. The molecule has 0 spiro atoms. The predicted octanol–water partition coefficient (Wildman–Crippen LogP) is 5.74. The van der Waals surface area contributed by atoms with E-state index in [0.717, 1.165) is 16.5 Å². The highest BCUT2D eigenvalue weighted by molar-refractivity contribution is 6.31. The lowest BCUT2D eigenvalue weighted by Crippen LogP contribution is -2.30. The van der Waals surface area contributed by atoms with Crippen molar-refractivity contribution in [3.05, 3.63) is 77.0 Å². The summed E-state index contributed by atoms with van der Waals surface area (Å²) in [6.45, 7) is 0.431. The maximum atomic E-state index is 10.7. The molecule has 0 radical (unpaired) electrons. The molecule has 1 aromatic heterocycles. The number of phenolic OH excluding ortho intramolecular Hbond substituents is 1. The van der Waals surface area contributed by atoms with Crippen LogP contribution in [0.25, 0.3) is 10.9 Å². The lowest BCUT2D eigenvalue weighted by atomic mass is 9.91. The Bertz CT molecular complexity index is 1090. The van der Waals surface area contributed by atoms with Crippen molar-refractivity contribution in [2.75, 3.05) is 6.61 Å². The summed E-state index contributed by atoms with van der Waals surface area (Å²) < 4.78 is 12.5.